The van der Waals surface area contributed by atoms with Gasteiger partial charge in [0.15, 0.2) is 11.5 Å². The highest BCUT2D eigenvalue weighted by molar-refractivity contribution is 7.11. The number of ether oxygens (including phenoxy) is 2. The molecule has 0 aliphatic heterocycles. The monoisotopic (exact) mass is 304 g/mol. The number of hydrogen-bond acceptors (Lipinski definition) is 5. The summed E-state index contributed by atoms with van der Waals surface area (Å²) < 4.78 is 10.6. The Morgan fingerprint density at radius 3 is 2.76 bits per heavy atom. The zero-order chi connectivity index (χ0) is 14.8. The van der Waals surface area contributed by atoms with E-state index in [0.717, 1.165) is 29.2 Å². The zero-order valence-electron chi connectivity index (χ0n) is 12.4. The molecule has 3 rings (SSSR count). The van der Waals surface area contributed by atoms with Gasteiger partial charge in [-0.05, 0) is 37.0 Å². The van der Waals surface area contributed by atoms with Crippen LogP contribution in [0.2, 0.25) is 0 Å². The number of nitrogens with two attached hydrogens (primary N) is 1. The lowest BCUT2D eigenvalue weighted by atomic mass is 10.0. The number of aryl methyl sites for hydroxylation is 2. The SMILES string of the molecule is COc1ccc(C(N)Cc2nc3c(s2)CCC3)cc1OC. The molecular weight excluding hydrogens is 284 g/mol. The lowest BCUT2D eigenvalue weighted by Crippen LogP contribution is -2.13. The van der Waals surface area contributed by atoms with Gasteiger partial charge in [-0.2, -0.15) is 0 Å². The van der Waals surface area contributed by atoms with E-state index < -0.39 is 0 Å². The van der Waals surface area contributed by atoms with Gasteiger partial charge in [0.1, 0.15) is 0 Å². The van der Waals surface area contributed by atoms with Gasteiger partial charge >= 0.3 is 0 Å². The molecule has 0 amide bonds. The van der Waals surface area contributed by atoms with Crippen molar-refractivity contribution in [1.82, 2.24) is 4.98 Å². The number of thiazole rings is 1. The quantitative estimate of drug-likeness (QED) is 0.923. The van der Waals surface area contributed by atoms with Crippen molar-refractivity contribution in [1.29, 1.82) is 0 Å². The zero-order valence-corrected chi connectivity index (χ0v) is 13.2. The summed E-state index contributed by atoms with van der Waals surface area (Å²) in [5.74, 6) is 1.44. The summed E-state index contributed by atoms with van der Waals surface area (Å²) in [4.78, 5) is 6.16. The van der Waals surface area contributed by atoms with E-state index in [0.29, 0.717) is 5.75 Å². The molecule has 0 fully saturated rings. The highest BCUT2D eigenvalue weighted by Gasteiger charge is 2.19. The number of aromatic nitrogens is 1. The third-order valence-corrected chi connectivity index (χ3v) is 5.05. The van der Waals surface area contributed by atoms with Gasteiger partial charge in [-0.25, -0.2) is 4.98 Å². The van der Waals surface area contributed by atoms with Gasteiger partial charge in [0.25, 0.3) is 0 Å². The van der Waals surface area contributed by atoms with Crippen LogP contribution in [0.3, 0.4) is 0 Å². The molecular formula is C16H20N2O2S. The number of fused-ring (bicyclic) bond motifs is 1. The molecule has 1 unspecified atom stereocenters. The number of rotatable bonds is 5. The molecule has 1 heterocycles. The van der Waals surface area contributed by atoms with E-state index in [1.54, 1.807) is 14.2 Å². The van der Waals surface area contributed by atoms with Crippen LogP contribution in [0.4, 0.5) is 0 Å². The number of benzene rings is 1. The molecule has 4 nitrogen and oxygen atoms in total. The number of nitrogens with zero attached hydrogens (tertiary/aromatic N) is 1. The van der Waals surface area contributed by atoms with E-state index in [-0.39, 0.29) is 6.04 Å². The molecule has 1 aliphatic carbocycles. The van der Waals surface area contributed by atoms with Crippen molar-refractivity contribution < 1.29 is 9.47 Å². The van der Waals surface area contributed by atoms with Crippen LogP contribution in [0.15, 0.2) is 18.2 Å². The van der Waals surface area contributed by atoms with Gasteiger partial charge in [0.05, 0.1) is 24.9 Å². The summed E-state index contributed by atoms with van der Waals surface area (Å²) in [7, 11) is 3.27. The summed E-state index contributed by atoms with van der Waals surface area (Å²) in [5, 5.41) is 1.14. The molecule has 1 aromatic heterocycles. The fourth-order valence-corrected chi connectivity index (χ4v) is 3.94. The second-order valence-corrected chi connectivity index (χ2v) is 6.42. The Balaban J connectivity index is 1.76. The first-order valence-corrected chi connectivity index (χ1v) is 7.98. The molecule has 0 bridgehead atoms. The minimum Gasteiger partial charge on any atom is -0.493 e. The Kier molecular flexibility index (Phi) is 4.12. The Bertz CT molecular complexity index is 618. The van der Waals surface area contributed by atoms with E-state index in [1.165, 1.54) is 23.4 Å². The van der Waals surface area contributed by atoms with E-state index in [4.69, 9.17) is 20.2 Å². The average molecular weight is 304 g/mol. The van der Waals surface area contributed by atoms with E-state index in [9.17, 15) is 0 Å². The van der Waals surface area contributed by atoms with Crippen LogP contribution in [0.5, 0.6) is 11.5 Å². The van der Waals surface area contributed by atoms with Crippen molar-refractivity contribution in [3.05, 3.63) is 39.3 Å². The van der Waals surface area contributed by atoms with Crippen molar-refractivity contribution in [2.24, 2.45) is 5.73 Å². The van der Waals surface area contributed by atoms with Crippen LogP contribution >= 0.6 is 11.3 Å². The second kappa shape index (κ2) is 6.03. The van der Waals surface area contributed by atoms with Gasteiger partial charge in [0.2, 0.25) is 0 Å². The van der Waals surface area contributed by atoms with Crippen LogP contribution in [0.25, 0.3) is 0 Å². The molecule has 0 spiro atoms. The van der Waals surface area contributed by atoms with Gasteiger partial charge in [-0.3, -0.25) is 0 Å². The van der Waals surface area contributed by atoms with Crippen molar-refractivity contribution >= 4 is 11.3 Å². The van der Waals surface area contributed by atoms with Crippen LogP contribution in [-0.2, 0) is 19.3 Å². The molecule has 5 heteroatoms. The minimum atomic E-state index is -0.0731. The van der Waals surface area contributed by atoms with E-state index in [2.05, 4.69) is 0 Å². The molecule has 0 saturated carbocycles. The molecule has 1 aliphatic rings. The molecule has 1 atom stereocenters. The lowest BCUT2D eigenvalue weighted by molar-refractivity contribution is 0.354. The molecule has 21 heavy (non-hydrogen) atoms. The average Bonchev–Trinajstić information content (AvgIpc) is 3.07. The maximum absolute atomic E-state index is 6.33. The maximum Gasteiger partial charge on any atom is 0.161 e. The Morgan fingerprint density at radius 1 is 1.24 bits per heavy atom. The third-order valence-electron chi connectivity index (χ3n) is 3.87. The fraction of sp³-hybridized carbons (Fsp3) is 0.438. The molecule has 1 aromatic carbocycles. The van der Waals surface area contributed by atoms with Crippen molar-refractivity contribution in [3.63, 3.8) is 0 Å². The van der Waals surface area contributed by atoms with Gasteiger partial charge in [-0.15, -0.1) is 11.3 Å². The second-order valence-electron chi connectivity index (χ2n) is 5.26. The predicted octanol–water partition coefficient (Wildman–Crippen LogP) is 2.89. The van der Waals surface area contributed by atoms with Crippen LogP contribution in [0.1, 0.15) is 33.6 Å². The third kappa shape index (κ3) is 2.89. The lowest BCUT2D eigenvalue weighted by Gasteiger charge is -2.14. The molecule has 2 N–H and O–H groups in total. The number of hydrogen-bond donors (Lipinski definition) is 1. The van der Waals surface area contributed by atoms with Gasteiger partial charge in [-0.1, -0.05) is 6.07 Å². The highest BCUT2D eigenvalue weighted by Crippen LogP contribution is 2.32. The molecule has 112 valence electrons. The van der Waals surface area contributed by atoms with Gasteiger partial charge < -0.3 is 15.2 Å². The largest absolute Gasteiger partial charge is 0.493 e. The Hall–Kier alpha value is -1.59. The van der Waals surface area contributed by atoms with E-state index in [1.807, 2.05) is 29.5 Å². The first kappa shape index (κ1) is 14.4. The topological polar surface area (TPSA) is 57.4 Å². The predicted molar refractivity (Wildman–Crippen MR) is 84.3 cm³/mol. The van der Waals surface area contributed by atoms with Crippen molar-refractivity contribution in [2.75, 3.05) is 14.2 Å². The Labute approximate surface area is 128 Å². The van der Waals surface area contributed by atoms with E-state index >= 15 is 0 Å². The summed E-state index contributed by atoms with van der Waals surface area (Å²) in [6.45, 7) is 0. The number of methoxy groups -OCH3 is 2. The highest BCUT2D eigenvalue weighted by atomic mass is 32.1. The standard InChI is InChI=1S/C16H20N2O2S/c1-19-13-7-6-10(8-14(13)20-2)11(17)9-16-18-12-4-3-5-15(12)21-16/h6-8,11H,3-5,9,17H2,1-2H3. The summed E-state index contributed by atoms with van der Waals surface area (Å²) in [6, 6.07) is 5.77. The minimum absolute atomic E-state index is 0.0731. The maximum atomic E-state index is 6.33. The molecule has 0 saturated heterocycles. The molecule has 2 aromatic rings. The first-order valence-electron chi connectivity index (χ1n) is 7.16. The first-order chi connectivity index (χ1) is 10.2. The van der Waals surface area contributed by atoms with Crippen LogP contribution in [-0.4, -0.2) is 19.2 Å². The summed E-state index contributed by atoms with van der Waals surface area (Å²) >= 11 is 1.82. The van der Waals surface area contributed by atoms with Crippen LogP contribution in [0, 0.1) is 0 Å². The van der Waals surface area contributed by atoms with Gasteiger partial charge in [0, 0.05) is 17.3 Å². The normalized spacial score (nSPS) is 14.8. The molecule has 0 radical (unpaired) electrons. The fourth-order valence-electron chi connectivity index (χ4n) is 2.72. The summed E-state index contributed by atoms with van der Waals surface area (Å²) in [5.41, 5.74) is 8.66. The summed E-state index contributed by atoms with van der Waals surface area (Å²) in [6.07, 6.45) is 4.32. The van der Waals surface area contributed by atoms with Crippen molar-refractivity contribution in [2.45, 2.75) is 31.7 Å². The van der Waals surface area contributed by atoms with Crippen LogP contribution < -0.4 is 15.2 Å². The smallest absolute Gasteiger partial charge is 0.161 e. The van der Waals surface area contributed by atoms with Crippen molar-refractivity contribution in [3.8, 4) is 11.5 Å². The Morgan fingerprint density at radius 2 is 2.05 bits per heavy atom.